The molecular weight excluding hydrogens is 230 g/mol. The topological polar surface area (TPSA) is 29.1 Å². The lowest BCUT2D eigenvalue weighted by atomic mass is 10.0. The highest BCUT2D eigenvalue weighted by Gasteiger charge is 2.12. The molecule has 0 atom stereocenters. The molecule has 0 bridgehead atoms. The van der Waals surface area contributed by atoms with E-state index in [2.05, 4.69) is 49.7 Å². The molecule has 0 aliphatic rings. The Bertz CT molecular complexity index is 344. The van der Waals surface area contributed by atoms with Gasteiger partial charge in [0.1, 0.15) is 0 Å². The van der Waals surface area contributed by atoms with Crippen LogP contribution in [-0.2, 0) is 11.3 Å². The molecule has 0 aliphatic heterocycles. The zero-order valence-corrected chi connectivity index (χ0v) is 11.6. The van der Waals surface area contributed by atoms with E-state index in [0.717, 1.165) is 18.4 Å². The van der Waals surface area contributed by atoms with Crippen molar-refractivity contribution in [2.45, 2.75) is 38.1 Å². The van der Waals surface area contributed by atoms with Crippen molar-refractivity contribution < 1.29 is 4.79 Å². The van der Waals surface area contributed by atoms with E-state index in [9.17, 15) is 4.79 Å². The molecule has 3 heteroatoms. The van der Waals surface area contributed by atoms with Crippen LogP contribution in [0.15, 0.2) is 29.2 Å². The summed E-state index contributed by atoms with van der Waals surface area (Å²) in [5, 5.41) is 2.99. The van der Waals surface area contributed by atoms with Gasteiger partial charge in [-0.2, -0.15) is 0 Å². The smallest absolute Gasteiger partial charge is 0.223 e. The highest BCUT2D eigenvalue weighted by atomic mass is 32.2. The molecule has 1 amide bonds. The van der Waals surface area contributed by atoms with E-state index in [0.29, 0.717) is 6.54 Å². The van der Waals surface area contributed by atoms with E-state index < -0.39 is 0 Å². The predicted molar refractivity (Wildman–Crippen MR) is 74.1 cm³/mol. The van der Waals surface area contributed by atoms with Crippen LogP contribution >= 0.6 is 11.8 Å². The van der Waals surface area contributed by atoms with E-state index in [-0.39, 0.29) is 11.8 Å². The molecule has 1 aromatic rings. The minimum atomic E-state index is 0.153. The van der Waals surface area contributed by atoms with Crippen LogP contribution in [0.5, 0.6) is 0 Å². The Morgan fingerprint density at radius 2 is 1.82 bits per heavy atom. The van der Waals surface area contributed by atoms with Crippen molar-refractivity contribution in [1.82, 2.24) is 5.32 Å². The summed E-state index contributed by atoms with van der Waals surface area (Å²) in [5.74, 6) is 0.324. The average molecular weight is 251 g/mol. The second-order valence-electron chi connectivity index (χ2n) is 4.08. The quantitative estimate of drug-likeness (QED) is 0.784. The maximum absolute atomic E-state index is 11.8. The third-order valence-corrected chi connectivity index (χ3v) is 3.73. The highest BCUT2D eigenvalue weighted by Crippen LogP contribution is 2.15. The lowest BCUT2D eigenvalue weighted by molar-refractivity contribution is -0.125. The molecule has 2 nitrogen and oxygen atoms in total. The van der Waals surface area contributed by atoms with Crippen LogP contribution in [0.3, 0.4) is 0 Å². The van der Waals surface area contributed by atoms with Gasteiger partial charge in [0, 0.05) is 17.4 Å². The molecular formula is C14H21NOS. The summed E-state index contributed by atoms with van der Waals surface area (Å²) in [4.78, 5) is 13.0. The largest absolute Gasteiger partial charge is 0.352 e. The summed E-state index contributed by atoms with van der Waals surface area (Å²) in [6.07, 6.45) is 3.88. The third-order valence-electron chi connectivity index (χ3n) is 2.98. The summed E-state index contributed by atoms with van der Waals surface area (Å²) >= 11 is 1.73. The second kappa shape index (κ2) is 7.38. The zero-order valence-electron chi connectivity index (χ0n) is 10.8. The number of rotatable bonds is 6. The minimum Gasteiger partial charge on any atom is -0.352 e. The van der Waals surface area contributed by atoms with Crippen LogP contribution in [0, 0.1) is 5.92 Å². The fraction of sp³-hybridized carbons (Fsp3) is 0.500. The van der Waals surface area contributed by atoms with Gasteiger partial charge in [-0.3, -0.25) is 4.79 Å². The summed E-state index contributed by atoms with van der Waals surface area (Å²) in [6.45, 7) is 4.74. The molecule has 17 heavy (non-hydrogen) atoms. The predicted octanol–water partition coefficient (Wildman–Crippen LogP) is 3.46. The molecule has 0 saturated heterocycles. The molecule has 1 aromatic carbocycles. The normalized spacial score (nSPS) is 10.6. The van der Waals surface area contributed by atoms with E-state index >= 15 is 0 Å². The Morgan fingerprint density at radius 1 is 1.24 bits per heavy atom. The van der Waals surface area contributed by atoms with Crippen molar-refractivity contribution in [3.05, 3.63) is 29.8 Å². The van der Waals surface area contributed by atoms with Crippen molar-refractivity contribution >= 4 is 17.7 Å². The number of amides is 1. The first-order chi connectivity index (χ1) is 8.21. The van der Waals surface area contributed by atoms with E-state index in [4.69, 9.17) is 0 Å². The third kappa shape index (κ3) is 4.43. The second-order valence-corrected chi connectivity index (χ2v) is 4.96. The molecule has 0 heterocycles. The minimum absolute atomic E-state index is 0.153. The summed E-state index contributed by atoms with van der Waals surface area (Å²) in [6, 6.07) is 8.31. The van der Waals surface area contributed by atoms with Gasteiger partial charge in [0.2, 0.25) is 5.91 Å². The molecule has 1 N–H and O–H groups in total. The van der Waals surface area contributed by atoms with Crippen LogP contribution in [0.25, 0.3) is 0 Å². The number of hydrogen-bond acceptors (Lipinski definition) is 2. The van der Waals surface area contributed by atoms with Crippen molar-refractivity contribution in [3.63, 3.8) is 0 Å². The van der Waals surface area contributed by atoms with Gasteiger partial charge in [0.25, 0.3) is 0 Å². The number of nitrogens with one attached hydrogen (secondary N) is 1. The standard InChI is InChI=1S/C14H21NOS/c1-4-12(5-2)14(16)15-10-11-6-8-13(17-3)9-7-11/h6-9,12H,4-5,10H2,1-3H3,(H,15,16). The van der Waals surface area contributed by atoms with Gasteiger partial charge >= 0.3 is 0 Å². The van der Waals surface area contributed by atoms with Crippen molar-refractivity contribution in [1.29, 1.82) is 0 Å². The molecule has 0 aromatic heterocycles. The zero-order chi connectivity index (χ0) is 12.7. The maximum atomic E-state index is 11.8. The van der Waals surface area contributed by atoms with Crippen molar-refractivity contribution in [3.8, 4) is 0 Å². The van der Waals surface area contributed by atoms with Gasteiger partial charge in [0.15, 0.2) is 0 Å². The summed E-state index contributed by atoms with van der Waals surface area (Å²) < 4.78 is 0. The van der Waals surface area contributed by atoms with Gasteiger partial charge < -0.3 is 5.32 Å². The Hall–Kier alpha value is -0.960. The van der Waals surface area contributed by atoms with Crippen LogP contribution < -0.4 is 5.32 Å². The SMILES string of the molecule is CCC(CC)C(=O)NCc1ccc(SC)cc1. The van der Waals surface area contributed by atoms with Crippen LogP contribution in [-0.4, -0.2) is 12.2 Å². The number of carbonyl (C=O) groups is 1. The van der Waals surface area contributed by atoms with Crippen molar-refractivity contribution in [2.24, 2.45) is 5.92 Å². The van der Waals surface area contributed by atoms with Crippen LogP contribution in [0.1, 0.15) is 32.3 Å². The number of benzene rings is 1. The summed E-state index contributed by atoms with van der Waals surface area (Å²) in [5.41, 5.74) is 1.15. The fourth-order valence-electron chi connectivity index (χ4n) is 1.74. The van der Waals surface area contributed by atoms with Gasteiger partial charge in [-0.25, -0.2) is 0 Å². The molecule has 0 saturated carbocycles. The first-order valence-corrected chi connectivity index (χ1v) is 7.34. The average Bonchev–Trinajstić information content (AvgIpc) is 2.38. The highest BCUT2D eigenvalue weighted by molar-refractivity contribution is 7.98. The van der Waals surface area contributed by atoms with Gasteiger partial charge in [0.05, 0.1) is 0 Å². The monoisotopic (exact) mass is 251 g/mol. The molecule has 0 radical (unpaired) electrons. The Labute approximate surface area is 108 Å². The summed E-state index contributed by atoms with van der Waals surface area (Å²) in [7, 11) is 0. The first-order valence-electron chi connectivity index (χ1n) is 6.11. The van der Waals surface area contributed by atoms with Crippen LogP contribution in [0.2, 0.25) is 0 Å². The molecule has 0 unspecified atom stereocenters. The van der Waals surface area contributed by atoms with E-state index in [1.165, 1.54) is 4.90 Å². The molecule has 0 spiro atoms. The molecule has 0 aliphatic carbocycles. The number of thioether (sulfide) groups is 1. The van der Waals surface area contributed by atoms with E-state index in [1.807, 2.05) is 0 Å². The van der Waals surface area contributed by atoms with Gasteiger partial charge in [-0.1, -0.05) is 26.0 Å². The van der Waals surface area contributed by atoms with Crippen molar-refractivity contribution in [2.75, 3.05) is 6.26 Å². The Balaban J connectivity index is 2.46. The lowest BCUT2D eigenvalue weighted by Gasteiger charge is -2.12. The molecule has 94 valence electrons. The fourth-order valence-corrected chi connectivity index (χ4v) is 2.14. The van der Waals surface area contributed by atoms with Crippen LogP contribution in [0.4, 0.5) is 0 Å². The Morgan fingerprint density at radius 3 is 2.29 bits per heavy atom. The maximum Gasteiger partial charge on any atom is 0.223 e. The van der Waals surface area contributed by atoms with Gasteiger partial charge in [-0.05, 0) is 36.8 Å². The Kier molecular flexibility index (Phi) is 6.12. The number of hydrogen-bond donors (Lipinski definition) is 1. The van der Waals surface area contributed by atoms with E-state index in [1.54, 1.807) is 11.8 Å². The van der Waals surface area contributed by atoms with Gasteiger partial charge in [-0.15, -0.1) is 11.8 Å². The molecule has 1 rings (SSSR count). The number of carbonyl (C=O) groups excluding carboxylic acids is 1. The molecule has 0 fully saturated rings. The first kappa shape index (κ1) is 14.1. The lowest BCUT2D eigenvalue weighted by Crippen LogP contribution is -2.29.